The number of nitrogens with zero attached hydrogens (tertiary/aromatic N) is 5. The lowest BCUT2D eigenvalue weighted by molar-refractivity contribution is -0.137. The van der Waals surface area contributed by atoms with Gasteiger partial charge in [-0.2, -0.15) is 23.3 Å². The molecule has 0 aliphatic carbocycles. The molecule has 6 heterocycles. The number of anilines is 4. The molecule has 13 nitrogen and oxygen atoms in total. The molecule has 4 aliphatic rings. The van der Waals surface area contributed by atoms with Crippen LogP contribution in [0.15, 0.2) is 48.9 Å². The van der Waals surface area contributed by atoms with E-state index in [1.165, 1.54) is 22.8 Å². The summed E-state index contributed by atoms with van der Waals surface area (Å²) in [5.41, 5.74) is 1.85. The first-order chi connectivity index (χ1) is 22.4. The molecule has 8 bridgehead atoms. The highest BCUT2D eigenvalue weighted by molar-refractivity contribution is 7.53. The van der Waals surface area contributed by atoms with Crippen LogP contribution >= 0.6 is 7.60 Å². The average molecular weight is 674 g/mol. The van der Waals surface area contributed by atoms with E-state index in [9.17, 15) is 27.6 Å². The molecule has 0 saturated carbocycles. The smallest absolute Gasteiger partial charge is 0.421 e. The second-order valence-electron chi connectivity index (χ2n) is 11.0. The summed E-state index contributed by atoms with van der Waals surface area (Å²) in [6.45, 7) is 1.66. The topological polar surface area (TPSA) is 153 Å². The van der Waals surface area contributed by atoms with Gasteiger partial charge < -0.3 is 34.4 Å². The number of ether oxygens (including phenoxy) is 1. The van der Waals surface area contributed by atoms with E-state index < -0.39 is 31.3 Å². The molecule has 4 aromatic rings. The zero-order chi connectivity index (χ0) is 33.5. The van der Waals surface area contributed by atoms with E-state index >= 15 is 0 Å². The zero-order valence-electron chi connectivity index (χ0n) is 25.5. The number of alkyl halides is 3. The van der Waals surface area contributed by atoms with E-state index in [1.807, 2.05) is 0 Å². The molecule has 2 atom stereocenters. The van der Waals surface area contributed by atoms with Crippen molar-refractivity contribution < 1.29 is 41.4 Å². The van der Waals surface area contributed by atoms with Crippen molar-refractivity contribution in [2.45, 2.75) is 38.5 Å². The van der Waals surface area contributed by atoms with Crippen molar-refractivity contribution in [3.05, 3.63) is 71.2 Å². The van der Waals surface area contributed by atoms with Gasteiger partial charge in [0, 0.05) is 31.5 Å². The molecule has 0 fully saturated rings. The van der Waals surface area contributed by atoms with Crippen LogP contribution in [0.25, 0.3) is 11.1 Å². The Balaban J connectivity index is 1.49. The number of methoxy groups -OCH3 is 1. The van der Waals surface area contributed by atoms with Gasteiger partial charge in [0.15, 0.2) is 0 Å². The van der Waals surface area contributed by atoms with Crippen molar-refractivity contribution in [3.63, 3.8) is 0 Å². The Morgan fingerprint density at radius 1 is 1.17 bits per heavy atom. The number of rotatable bonds is 3. The molecule has 3 N–H and O–H groups in total. The number of hydrogen-bond acceptors (Lipinski definition) is 11. The van der Waals surface area contributed by atoms with Gasteiger partial charge >= 0.3 is 13.8 Å². The van der Waals surface area contributed by atoms with Gasteiger partial charge in [0.2, 0.25) is 5.95 Å². The summed E-state index contributed by atoms with van der Waals surface area (Å²) in [5, 5.41) is 20.7. The molecular weight excluding hydrogens is 642 g/mol. The number of aliphatic hydroxyl groups is 1. The van der Waals surface area contributed by atoms with Crippen LogP contribution in [0.3, 0.4) is 0 Å². The molecule has 4 aliphatic heterocycles. The minimum atomic E-state index is -4.81. The molecule has 248 valence electrons. The Morgan fingerprint density at radius 3 is 2.70 bits per heavy atom. The Hall–Kier alpha value is -4.50. The van der Waals surface area contributed by atoms with Crippen LogP contribution in [-0.2, 0) is 39.0 Å². The number of halogens is 3. The van der Waals surface area contributed by atoms with E-state index in [1.54, 1.807) is 50.6 Å². The Bertz CT molecular complexity index is 1890. The zero-order valence-corrected chi connectivity index (χ0v) is 26.4. The summed E-state index contributed by atoms with van der Waals surface area (Å²) < 4.78 is 74.2. The molecule has 0 spiro atoms. The quantitative estimate of drug-likeness (QED) is 0.234. The highest BCUT2D eigenvalue weighted by Gasteiger charge is 2.37. The summed E-state index contributed by atoms with van der Waals surface area (Å²) >= 11 is 0. The van der Waals surface area contributed by atoms with E-state index in [0.717, 1.165) is 0 Å². The summed E-state index contributed by atoms with van der Waals surface area (Å²) in [5.74, 6) is -0.887. The second-order valence-corrected chi connectivity index (χ2v) is 13.1. The molecule has 0 saturated heterocycles. The fraction of sp³-hybridized carbons (Fsp3) is 0.333. The Morgan fingerprint density at radius 2 is 1.96 bits per heavy atom. The first-order valence-corrected chi connectivity index (χ1v) is 16.3. The second kappa shape index (κ2) is 12.6. The third kappa shape index (κ3) is 6.67. The van der Waals surface area contributed by atoms with Crippen LogP contribution in [-0.4, -0.2) is 69.1 Å². The largest absolute Gasteiger partial charge is 0.495 e. The minimum absolute atomic E-state index is 0.00274. The van der Waals surface area contributed by atoms with Crippen LogP contribution in [0.5, 0.6) is 5.75 Å². The monoisotopic (exact) mass is 673 g/mol. The number of hydrogen-bond donors (Lipinski definition) is 3. The van der Waals surface area contributed by atoms with Crippen molar-refractivity contribution in [1.82, 2.24) is 24.6 Å². The van der Waals surface area contributed by atoms with Gasteiger partial charge in [0.1, 0.15) is 17.1 Å². The maximum absolute atomic E-state index is 14.2. The van der Waals surface area contributed by atoms with Crippen molar-refractivity contribution >= 4 is 36.6 Å². The molecule has 1 unspecified atom stereocenters. The Kier molecular flexibility index (Phi) is 8.70. The summed E-state index contributed by atoms with van der Waals surface area (Å²) in [6.07, 6.45) is -2.18. The minimum Gasteiger partial charge on any atom is -0.495 e. The maximum Gasteiger partial charge on any atom is 0.421 e. The predicted molar refractivity (Wildman–Crippen MR) is 165 cm³/mol. The number of carbonyl (C=O) groups excluding carboxylic acids is 1. The van der Waals surface area contributed by atoms with Crippen LogP contribution in [0.1, 0.15) is 34.0 Å². The molecule has 2 aromatic carbocycles. The normalized spacial score (nSPS) is 19.9. The Labute approximate surface area is 267 Å². The fourth-order valence-electron chi connectivity index (χ4n) is 5.48. The fourth-order valence-corrected chi connectivity index (χ4v) is 7.17. The molecule has 2 aromatic heterocycles. The van der Waals surface area contributed by atoms with Crippen molar-refractivity contribution in [2.75, 3.05) is 38.0 Å². The van der Waals surface area contributed by atoms with Gasteiger partial charge in [-0.05, 0) is 41.8 Å². The lowest BCUT2D eigenvalue weighted by atomic mass is 9.97. The molecule has 17 heteroatoms. The van der Waals surface area contributed by atoms with Crippen molar-refractivity contribution in [1.29, 1.82) is 0 Å². The van der Waals surface area contributed by atoms with E-state index in [0.29, 0.717) is 34.1 Å². The molecule has 1 amide bonds. The van der Waals surface area contributed by atoms with Gasteiger partial charge in [0.25, 0.3) is 5.91 Å². The van der Waals surface area contributed by atoms with Gasteiger partial charge in [-0.15, -0.1) is 0 Å². The standard InChI is InChI=1S/C30H31F3N7O6P/c1-4-45-47(43)16-17-5-7-23(25(9-17)44-3)37-29-34-11-22(30(31,32)33)27(38-29)36-24-8-6-20(21-14-39(2)28(42)26(21)24)18-10-35-40(12-18)13-19(41)15-46-47/h5-12,19,41H,4,13-16H2,1-3H3,(H2,34,36,37,38)/t19-,47?/m0/s1. The lowest BCUT2D eigenvalue weighted by Gasteiger charge is -2.21. The third-order valence-electron chi connectivity index (χ3n) is 7.64. The van der Waals surface area contributed by atoms with Gasteiger partial charge in [0.05, 0.1) is 62.3 Å². The lowest BCUT2D eigenvalue weighted by Crippen LogP contribution is -2.22. The van der Waals surface area contributed by atoms with Crippen LogP contribution in [0.4, 0.5) is 36.3 Å². The SMILES string of the molecule is CCOP1(=O)Cc2ccc(c(OC)c2)Nc2ncc(C(F)(F)F)c(n2)Nc2ccc(c3c2C(=O)N(C)C3)-c2cnn(c2)C[C@H](O)CO1. The van der Waals surface area contributed by atoms with E-state index in [2.05, 4.69) is 25.7 Å². The van der Waals surface area contributed by atoms with Crippen LogP contribution < -0.4 is 15.4 Å². The number of carbonyl (C=O) groups is 1. The van der Waals surface area contributed by atoms with E-state index in [4.69, 9.17) is 13.8 Å². The summed E-state index contributed by atoms with van der Waals surface area (Å²) in [7, 11) is -0.754. The number of aromatic nitrogens is 4. The number of benzene rings is 2. The molecule has 8 rings (SSSR count). The van der Waals surface area contributed by atoms with Crippen molar-refractivity contribution in [2.24, 2.45) is 0 Å². The van der Waals surface area contributed by atoms with Gasteiger partial charge in [-0.25, -0.2) is 4.98 Å². The average Bonchev–Trinajstić information content (AvgIpc) is 3.60. The summed E-state index contributed by atoms with van der Waals surface area (Å²) in [4.78, 5) is 22.8. The highest BCUT2D eigenvalue weighted by atomic mass is 31.2. The van der Waals surface area contributed by atoms with E-state index in [-0.39, 0.29) is 61.3 Å². The van der Waals surface area contributed by atoms with Gasteiger partial charge in [-0.3, -0.25) is 14.0 Å². The molecule has 0 radical (unpaired) electrons. The van der Waals surface area contributed by atoms with Crippen LogP contribution in [0, 0.1) is 0 Å². The van der Waals surface area contributed by atoms with Crippen LogP contribution in [0.2, 0.25) is 0 Å². The first kappa shape index (κ1) is 32.4. The van der Waals surface area contributed by atoms with Gasteiger partial charge in [-0.1, -0.05) is 12.1 Å². The number of fused-ring (bicyclic) bond motifs is 1. The first-order valence-electron chi connectivity index (χ1n) is 14.5. The molecular formula is C30H31F3N7O6P. The highest BCUT2D eigenvalue weighted by Crippen LogP contribution is 2.52. The molecule has 47 heavy (non-hydrogen) atoms. The predicted octanol–water partition coefficient (Wildman–Crippen LogP) is 5.56. The third-order valence-corrected chi connectivity index (χ3v) is 9.58. The number of aliphatic hydroxyl groups excluding tert-OH is 1. The van der Waals surface area contributed by atoms with Crippen molar-refractivity contribution in [3.8, 4) is 16.9 Å². The maximum atomic E-state index is 14.2. The number of amides is 1. The summed E-state index contributed by atoms with van der Waals surface area (Å²) in [6, 6.07) is 7.94. The number of nitrogens with one attached hydrogen (secondary N) is 2.